The summed E-state index contributed by atoms with van der Waals surface area (Å²) in [7, 11) is 0. The molecule has 2 aromatic heterocycles. The highest BCUT2D eigenvalue weighted by molar-refractivity contribution is 6.30. The van der Waals surface area contributed by atoms with Gasteiger partial charge in [0.25, 0.3) is 11.2 Å². The van der Waals surface area contributed by atoms with Crippen LogP contribution in [0.3, 0.4) is 0 Å². The van der Waals surface area contributed by atoms with Crippen LogP contribution in [0.5, 0.6) is 0 Å². The first-order valence-corrected chi connectivity index (χ1v) is 10.5. The van der Waals surface area contributed by atoms with Gasteiger partial charge in [0, 0.05) is 33.2 Å². The zero-order valence-electron chi connectivity index (χ0n) is 17.4. The summed E-state index contributed by atoms with van der Waals surface area (Å²) in [5.41, 5.74) is 2.83. The van der Waals surface area contributed by atoms with Crippen LogP contribution in [0.15, 0.2) is 71.5 Å². The number of para-hydroxylation sites is 2. The molecule has 5 rings (SSSR count). The van der Waals surface area contributed by atoms with E-state index in [9.17, 15) is 14.9 Å². The molecule has 0 aliphatic heterocycles. The Morgan fingerprint density at radius 1 is 1.03 bits per heavy atom. The third-order valence-electron chi connectivity index (χ3n) is 5.52. The van der Waals surface area contributed by atoms with Crippen LogP contribution in [0, 0.1) is 17.0 Å². The summed E-state index contributed by atoms with van der Waals surface area (Å²) in [5.74, 6) is 0.272. The fourth-order valence-corrected chi connectivity index (χ4v) is 4.16. The van der Waals surface area contributed by atoms with Crippen molar-refractivity contribution in [3.05, 3.63) is 109 Å². The van der Waals surface area contributed by atoms with E-state index >= 15 is 0 Å². The summed E-state index contributed by atoms with van der Waals surface area (Å²) >= 11 is 6.00. The fraction of sp³-hybridized carbons (Fsp3) is 0.0400. The van der Waals surface area contributed by atoms with Crippen LogP contribution in [0.4, 0.5) is 5.69 Å². The van der Waals surface area contributed by atoms with Crippen molar-refractivity contribution in [1.29, 1.82) is 0 Å². The smallest absolute Gasteiger partial charge is 0.294 e. The van der Waals surface area contributed by atoms with Gasteiger partial charge in [0.1, 0.15) is 11.5 Å². The lowest BCUT2D eigenvalue weighted by atomic mass is 10.1. The van der Waals surface area contributed by atoms with E-state index in [4.69, 9.17) is 11.6 Å². The Balaban J connectivity index is 1.79. The van der Waals surface area contributed by atoms with Crippen LogP contribution in [0.25, 0.3) is 39.6 Å². The number of nitrogens with one attached hydrogen (secondary N) is 1. The molecule has 162 valence electrons. The van der Waals surface area contributed by atoms with E-state index in [-0.39, 0.29) is 22.2 Å². The second-order valence-corrected chi connectivity index (χ2v) is 8.00. The van der Waals surface area contributed by atoms with E-state index in [0.29, 0.717) is 10.9 Å². The Morgan fingerprint density at radius 2 is 1.76 bits per heavy atom. The number of H-pyrrole nitrogens is 1. The van der Waals surface area contributed by atoms with Crippen LogP contribution in [-0.4, -0.2) is 19.5 Å². The molecule has 0 saturated heterocycles. The second kappa shape index (κ2) is 8.03. The molecule has 0 spiro atoms. The predicted molar refractivity (Wildman–Crippen MR) is 131 cm³/mol. The minimum absolute atomic E-state index is 0.1000. The normalized spacial score (nSPS) is 11.6. The minimum atomic E-state index is -0.555. The van der Waals surface area contributed by atoms with E-state index in [0.717, 1.165) is 22.2 Å². The molecule has 0 aliphatic rings. The average molecular weight is 457 g/mol. The van der Waals surface area contributed by atoms with Crippen molar-refractivity contribution in [2.45, 2.75) is 6.92 Å². The molecule has 0 amide bonds. The minimum Gasteiger partial charge on any atom is -0.358 e. The maximum atomic E-state index is 13.5. The van der Waals surface area contributed by atoms with Crippen molar-refractivity contribution in [3.63, 3.8) is 0 Å². The number of rotatable bonds is 4. The van der Waals surface area contributed by atoms with Gasteiger partial charge < -0.3 is 4.98 Å². The first kappa shape index (κ1) is 20.7. The molecule has 3 aromatic carbocycles. The van der Waals surface area contributed by atoms with Crippen molar-refractivity contribution >= 4 is 51.2 Å². The highest BCUT2D eigenvalue weighted by atomic mass is 35.5. The number of benzene rings is 3. The molecule has 0 atom stereocenters. The summed E-state index contributed by atoms with van der Waals surface area (Å²) in [6.45, 7) is 1.96. The SMILES string of the molecule is Cc1[nH]c2ccccc2c1/C=C/c1nc2ccccc2c(=O)n1-c1ccc(Cl)cc1[N+](=O)[O-]. The molecule has 0 aliphatic carbocycles. The molecule has 0 fully saturated rings. The average Bonchev–Trinajstić information content (AvgIpc) is 3.13. The maximum Gasteiger partial charge on any atom is 0.294 e. The molecule has 0 saturated carbocycles. The molecule has 33 heavy (non-hydrogen) atoms. The molecule has 8 heteroatoms. The van der Waals surface area contributed by atoms with Crippen molar-refractivity contribution in [2.75, 3.05) is 0 Å². The number of nitro groups is 1. The number of hydrogen-bond acceptors (Lipinski definition) is 4. The lowest BCUT2D eigenvalue weighted by Gasteiger charge is -2.12. The van der Waals surface area contributed by atoms with Gasteiger partial charge in [0.05, 0.1) is 15.8 Å². The van der Waals surface area contributed by atoms with E-state index in [1.54, 1.807) is 30.3 Å². The zero-order valence-corrected chi connectivity index (χ0v) is 18.2. The number of nitrogens with zero attached hydrogens (tertiary/aromatic N) is 3. The van der Waals surface area contributed by atoms with Gasteiger partial charge >= 0.3 is 0 Å². The van der Waals surface area contributed by atoms with Gasteiger partial charge in [-0.3, -0.25) is 19.5 Å². The topological polar surface area (TPSA) is 93.8 Å². The van der Waals surface area contributed by atoms with Gasteiger partial charge in [0.15, 0.2) is 0 Å². The van der Waals surface area contributed by atoms with Crippen LogP contribution in [0.1, 0.15) is 17.1 Å². The summed E-state index contributed by atoms with van der Waals surface area (Å²) in [6, 6.07) is 19.0. The van der Waals surface area contributed by atoms with Gasteiger partial charge in [-0.2, -0.15) is 0 Å². The number of halogens is 1. The Labute approximate surface area is 192 Å². The van der Waals surface area contributed by atoms with Crippen LogP contribution in [0.2, 0.25) is 5.02 Å². The molecule has 0 unspecified atom stereocenters. The largest absolute Gasteiger partial charge is 0.358 e. The van der Waals surface area contributed by atoms with E-state index < -0.39 is 10.5 Å². The van der Waals surface area contributed by atoms with Crippen molar-refractivity contribution in [2.24, 2.45) is 0 Å². The van der Waals surface area contributed by atoms with Crippen molar-refractivity contribution < 1.29 is 4.92 Å². The number of aromatic amines is 1. The lowest BCUT2D eigenvalue weighted by molar-refractivity contribution is -0.384. The van der Waals surface area contributed by atoms with Gasteiger partial charge in [-0.1, -0.05) is 41.9 Å². The Morgan fingerprint density at radius 3 is 2.55 bits per heavy atom. The highest BCUT2D eigenvalue weighted by Crippen LogP contribution is 2.28. The second-order valence-electron chi connectivity index (χ2n) is 7.56. The number of fused-ring (bicyclic) bond motifs is 2. The van der Waals surface area contributed by atoms with Crippen molar-refractivity contribution in [1.82, 2.24) is 14.5 Å². The third-order valence-corrected chi connectivity index (χ3v) is 5.75. The van der Waals surface area contributed by atoms with Gasteiger partial charge in [-0.15, -0.1) is 0 Å². The first-order valence-electron chi connectivity index (χ1n) is 10.2. The molecular formula is C25H17ClN4O3. The molecule has 2 heterocycles. The summed E-state index contributed by atoms with van der Waals surface area (Å²) < 4.78 is 1.26. The Bertz CT molecular complexity index is 1650. The molecule has 0 bridgehead atoms. The number of nitro benzene ring substituents is 1. The maximum absolute atomic E-state index is 13.5. The van der Waals surface area contributed by atoms with E-state index in [2.05, 4.69) is 9.97 Å². The van der Waals surface area contributed by atoms with Crippen LogP contribution in [-0.2, 0) is 0 Å². The standard InChI is InChI=1S/C25H17ClN4O3/c1-15-17(18-6-2-4-8-20(18)27-15)11-13-24-28-21-9-5-3-7-19(21)25(31)29(24)22-12-10-16(26)14-23(22)30(32)33/h2-14,27H,1H3/b13-11+. The zero-order chi connectivity index (χ0) is 23.1. The first-order chi connectivity index (χ1) is 15.9. The number of hydrogen-bond donors (Lipinski definition) is 1. The van der Waals surface area contributed by atoms with Gasteiger partial charge in [0.2, 0.25) is 0 Å². The van der Waals surface area contributed by atoms with Crippen LogP contribution < -0.4 is 5.56 Å². The molecular weight excluding hydrogens is 440 g/mol. The molecule has 5 aromatic rings. The summed E-state index contributed by atoms with van der Waals surface area (Å²) in [5, 5.41) is 13.4. The summed E-state index contributed by atoms with van der Waals surface area (Å²) in [6.07, 6.45) is 3.57. The van der Waals surface area contributed by atoms with Gasteiger partial charge in [-0.05, 0) is 49.4 Å². The number of aryl methyl sites for hydroxylation is 1. The molecule has 1 N–H and O–H groups in total. The number of aromatic nitrogens is 3. The van der Waals surface area contributed by atoms with Crippen molar-refractivity contribution in [3.8, 4) is 5.69 Å². The quantitative estimate of drug-likeness (QED) is 0.269. The summed E-state index contributed by atoms with van der Waals surface area (Å²) in [4.78, 5) is 32.7. The Hall–Kier alpha value is -4.23. The lowest BCUT2D eigenvalue weighted by Crippen LogP contribution is -2.23. The van der Waals surface area contributed by atoms with E-state index in [1.807, 2.05) is 37.3 Å². The fourth-order valence-electron chi connectivity index (χ4n) is 4.00. The highest BCUT2D eigenvalue weighted by Gasteiger charge is 2.21. The van der Waals surface area contributed by atoms with Gasteiger partial charge in [-0.25, -0.2) is 4.98 Å². The van der Waals surface area contributed by atoms with E-state index in [1.165, 1.54) is 22.8 Å². The van der Waals surface area contributed by atoms with Crippen LogP contribution >= 0.6 is 11.6 Å². The molecule has 0 radical (unpaired) electrons. The molecule has 7 nitrogen and oxygen atoms in total. The monoisotopic (exact) mass is 456 g/mol. The predicted octanol–water partition coefficient (Wildman–Crippen LogP) is 5.91. The Kier molecular flexibility index (Phi) is 5.03. The third kappa shape index (κ3) is 3.58.